The van der Waals surface area contributed by atoms with Crippen LogP contribution in [0.3, 0.4) is 0 Å². The lowest BCUT2D eigenvalue weighted by atomic mass is 10.1. The first kappa shape index (κ1) is 13.4. The first-order valence-electron chi connectivity index (χ1n) is 3.70. The van der Waals surface area contributed by atoms with Gasteiger partial charge in [0.15, 0.2) is 0 Å². The van der Waals surface area contributed by atoms with Gasteiger partial charge in [-0.3, -0.25) is 0 Å². The highest BCUT2D eigenvalue weighted by molar-refractivity contribution is 14.1. The lowest BCUT2D eigenvalue weighted by Gasteiger charge is -2.14. The van der Waals surface area contributed by atoms with Gasteiger partial charge in [-0.1, -0.05) is 0 Å². The average molecular weight is 356 g/mol. The number of alkyl halides is 6. The molecule has 1 aromatic rings. The zero-order valence-corrected chi connectivity index (χ0v) is 9.41. The molecular formula is C8H3F6IO. The second kappa shape index (κ2) is 3.97. The van der Waals surface area contributed by atoms with Crippen molar-refractivity contribution in [3.8, 4) is 5.75 Å². The van der Waals surface area contributed by atoms with Gasteiger partial charge in [-0.15, -0.1) is 0 Å². The van der Waals surface area contributed by atoms with Crippen LogP contribution in [0, 0.1) is 3.57 Å². The number of benzene rings is 1. The molecule has 0 fully saturated rings. The van der Waals surface area contributed by atoms with E-state index in [9.17, 15) is 26.3 Å². The molecule has 16 heavy (non-hydrogen) atoms. The Morgan fingerprint density at radius 1 is 0.875 bits per heavy atom. The number of rotatable bonds is 0. The van der Waals surface area contributed by atoms with Crippen LogP contribution < -0.4 is 0 Å². The summed E-state index contributed by atoms with van der Waals surface area (Å²) in [5.74, 6) is -1.43. The Hall–Kier alpha value is -0.670. The molecule has 0 aliphatic heterocycles. The van der Waals surface area contributed by atoms with Crippen molar-refractivity contribution in [2.75, 3.05) is 0 Å². The molecule has 0 bridgehead atoms. The van der Waals surface area contributed by atoms with Crippen LogP contribution in [-0.4, -0.2) is 5.11 Å². The van der Waals surface area contributed by atoms with Gasteiger partial charge in [-0.05, 0) is 34.7 Å². The summed E-state index contributed by atoms with van der Waals surface area (Å²) in [5, 5.41) is 8.89. The van der Waals surface area contributed by atoms with Gasteiger partial charge in [0, 0.05) is 3.57 Å². The van der Waals surface area contributed by atoms with Gasteiger partial charge < -0.3 is 5.11 Å². The van der Waals surface area contributed by atoms with Crippen LogP contribution in [0.5, 0.6) is 5.75 Å². The molecule has 0 aromatic heterocycles. The summed E-state index contributed by atoms with van der Waals surface area (Å²) in [5.41, 5.74) is -2.77. The largest absolute Gasteiger partial charge is 0.507 e. The second-order valence-electron chi connectivity index (χ2n) is 2.84. The van der Waals surface area contributed by atoms with E-state index in [4.69, 9.17) is 5.11 Å². The Balaban J connectivity index is 3.40. The fraction of sp³-hybridized carbons (Fsp3) is 0.250. The normalized spacial score (nSPS) is 12.9. The van der Waals surface area contributed by atoms with Crippen LogP contribution in [0.25, 0.3) is 0 Å². The molecule has 1 rings (SSSR count). The smallest absolute Gasteiger partial charge is 0.419 e. The summed E-state index contributed by atoms with van der Waals surface area (Å²) < 4.78 is 72.8. The molecule has 1 nitrogen and oxygen atoms in total. The number of aromatic hydroxyl groups is 1. The Morgan fingerprint density at radius 2 is 1.31 bits per heavy atom. The van der Waals surface area contributed by atoms with E-state index in [1.165, 1.54) is 0 Å². The summed E-state index contributed by atoms with van der Waals surface area (Å²) in [4.78, 5) is 0. The second-order valence-corrected chi connectivity index (χ2v) is 4.01. The predicted molar refractivity (Wildman–Crippen MR) is 50.8 cm³/mol. The van der Waals surface area contributed by atoms with Crippen molar-refractivity contribution in [3.63, 3.8) is 0 Å². The van der Waals surface area contributed by atoms with E-state index in [-0.39, 0.29) is 12.1 Å². The minimum atomic E-state index is -4.88. The molecule has 1 aromatic carbocycles. The zero-order chi connectivity index (χ0) is 12.7. The number of hydrogen-bond donors (Lipinski definition) is 1. The van der Waals surface area contributed by atoms with Crippen molar-refractivity contribution in [2.45, 2.75) is 12.4 Å². The van der Waals surface area contributed by atoms with Gasteiger partial charge in [0.2, 0.25) is 0 Å². The van der Waals surface area contributed by atoms with Crippen LogP contribution in [-0.2, 0) is 12.4 Å². The molecule has 0 atom stereocenters. The minimum absolute atomic E-state index is 0.0740. The highest BCUT2D eigenvalue weighted by Crippen LogP contribution is 2.41. The molecule has 0 unspecified atom stereocenters. The summed E-state index contributed by atoms with van der Waals surface area (Å²) >= 11 is 1.14. The maximum atomic E-state index is 12.3. The Bertz CT molecular complexity index is 368. The predicted octanol–water partition coefficient (Wildman–Crippen LogP) is 4.03. The highest BCUT2D eigenvalue weighted by Gasteiger charge is 2.39. The third kappa shape index (κ3) is 2.71. The number of hydrogen-bond acceptors (Lipinski definition) is 1. The van der Waals surface area contributed by atoms with E-state index in [1.807, 2.05) is 0 Å². The van der Waals surface area contributed by atoms with Crippen molar-refractivity contribution >= 4 is 22.6 Å². The highest BCUT2D eigenvalue weighted by atomic mass is 127. The van der Waals surface area contributed by atoms with Crippen LogP contribution in [0.2, 0.25) is 0 Å². The van der Waals surface area contributed by atoms with E-state index in [0.717, 1.165) is 22.6 Å². The first-order chi connectivity index (χ1) is 7.03. The lowest BCUT2D eigenvalue weighted by molar-refractivity contribution is -0.142. The van der Waals surface area contributed by atoms with E-state index < -0.39 is 32.8 Å². The maximum Gasteiger partial charge on any atom is 0.419 e. The molecule has 0 saturated heterocycles. The van der Waals surface area contributed by atoms with Crippen molar-refractivity contribution < 1.29 is 31.4 Å². The zero-order valence-electron chi connectivity index (χ0n) is 7.25. The Morgan fingerprint density at radius 3 is 1.69 bits per heavy atom. The molecule has 1 N–H and O–H groups in total. The standard InChI is InChI=1S/C8H3F6IO/c9-7(10,11)3-2-6(16)4(1-5(3)15)8(12,13)14/h1-2,16H. The van der Waals surface area contributed by atoms with E-state index in [2.05, 4.69) is 0 Å². The van der Waals surface area contributed by atoms with E-state index in [1.54, 1.807) is 0 Å². The molecule has 0 radical (unpaired) electrons. The van der Waals surface area contributed by atoms with Gasteiger partial charge in [0.05, 0.1) is 11.1 Å². The molecule has 0 heterocycles. The van der Waals surface area contributed by atoms with Crippen molar-refractivity contribution in [1.29, 1.82) is 0 Å². The minimum Gasteiger partial charge on any atom is -0.507 e. The molecular weight excluding hydrogens is 353 g/mol. The van der Waals surface area contributed by atoms with E-state index >= 15 is 0 Å². The molecule has 0 saturated carbocycles. The quantitative estimate of drug-likeness (QED) is 0.550. The van der Waals surface area contributed by atoms with E-state index in [0.29, 0.717) is 0 Å². The van der Waals surface area contributed by atoms with Crippen molar-refractivity contribution in [1.82, 2.24) is 0 Å². The fourth-order valence-electron chi connectivity index (χ4n) is 1.01. The number of halogens is 7. The average Bonchev–Trinajstić information content (AvgIpc) is 2.04. The summed E-state index contributed by atoms with van der Waals surface area (Å²) in [7, 11) is 0. The monoisotopic (exact) mass is 356 g/mol. The fourth-order valence-corrected chi connectivity index (χ4v) is 1.78. The topological polar surface area (TPSA) is 20.2 Å². The number of phenols is 1. The van der Waals surface area contributed by atoms with Crippen molar-refractivity contribution in [3.05, 3.63) is 26.8 Å². The van der Waals surface area contributed by atoms with Crippen LogP contribution in [0.4, 0.5) is 26.3 Å². The molecule has 0 aliphatic rings. The summed E-state index contributed by atoms with van der Waals surface area (Å²) in [6.07, 6.45) is -9.67. The molecule has 0 aliphatic carbocycles. The molecule has 90 valence electrons. The summed E-state index contributed by atoms with van der Waals surface area (Å²) in [6.45, 7) is 0. The Kier molecular flexibility index (Phi) is 3.32. The first-order valence-corrected chi connectivity index (χ1v) is 4.78. The Labute approximate surface area is 99.2 Å². The van der Waals surface area contributed by atoms with Crippen LogP contribution >= 0.6 is 22.6 Å². The SMILES string of the molecule is Oc1cc(C(F)(F)F)c(I)cc1C(F)(F)F. The van der Waals surface area contributed by atoms with Gasteiger partial charge in [0.1, 0.15) is 5.75 Å². The molecule has 0 spiro atoms. The third-order valence-corrected chi connectivity index (χ3v) is 2.59. The van der Waals surface area contributed by atoms with Gasteiger partial charge in [0.25, 0.3) is 0 Å². The van der Waals surface area contributed by atoms with Gasteiger partial charge >= 0.3 is 12.4 Å². The third-order valence-electron chi connectivity index (χ3n) is 1.70. The number of phenolic OH excluding ortho intramolecular Hbond substituents is 1. The van der Waals surface area contributed by atoms with Gasteiger partial charge in [-0.25, -0.2) is 0 Å². The van der Waals surface area contributed by atoms with Gasteiger partial charge in [-0.2, -0.15) is 26.3 Å². The van der Waals surface area contributed by atoms with Crippen LogP contribution in [0.15, 0.2) is 12.1 Å². The lowest BCUT2D eigenvalue weighted by Crippen LogP contribution is -2.11. The molecule has 0 amide bonds. The van der Waals surface area contributed by atoms with Crippen molar-refractivity contribution in [2.24, 2.45) is 0 Å². The molecule has 8 heteroatoms. The van der Waals surface area contributed by atoms with Crippen LogP contribution in [0.1, 0.15) is 11.1 Å². The summed E-state index contributed by atoms with van der Waals surface area (Å²) in [6, 6.07) is 0.337. The maximum absolute atomic E-state index is 12.3.